The van der Waals surface area contributed by atoms with Gasteiger partial charge in [0.15, 0.2) is 25.2 Å². The standard InChI is InChI=1S/C53H90O22/c1-8-23(2)10-9-15-53(7,75-48-44(67)40(63)38(61)31(72-48)22-69-46-42(65)35(58)28(57)21-68-46)25-13-16-52(6)24-11-12-32-50(3,4)33(14-17-51(32,5)26(24)18-27(56)34(25)52)73-49-45(41(64)37(60)30(20-55)71-49)74-47-43(66)39(62)36(59)29(19-54)70-47/h10,24-49,54-67H,8-9,11-22H2,1-7H3. The summed E-state index contributed by atoms with van der Waals surface area (Å²) in [5.74, 6) is -0.0559. The Morgan fingerprint density at radius 2 is 1.20 bits per heavy atom. The fraction of sp³-hybridized carbons (Fsp3) is 0.962. The zero-order valence-corrected chi connectivity index (χ0v) is 44.5. The number of hydrogen-bond acceptors (Lipinski definition) is 22. The van der Waals surface area contributed by atoms with Crippen LogP contribution in [0.2, 0.25) is 0 Å². The highest BCUT2D eigenvalue weighted by Gasteiger charge is 2.68. The molecule has 22 nitrogen and oxygen atoms in total. The van der Waals surface area contributed by atoms with Crippen molar-refractivity contribution in [3.8, 4) is 0 Å². The molecule has 8 fully saturated rings. The minimum atomic E-state index is -1.81. The number of ether oxygens (including phenoxy) is 8. The first-order valence-corrected chi connectivity index (χ1v) is 27.5. The maximum atomic E-state index is 12.7. The summed E-state index contributed by atoms with van der Waals surface area (Å²) < 4.78 is 48.7. The molecule has 29 unspecified atom stereocenters. The highest BCUT2D eigenvalue weighted by atomic mass is 16.8. The van der Waals surface area contributed by atoms with E-state index in [1.165, 1.54) is 5.57 Å². The van der Waals surface area contributed by atoms with Crippen molar-refractivity contribution in [1.82, 2.24) is 0 Å². The van der Waals surface area contributed by atoms with Gasteiger partial charge in [-0.3, -0.25) is 0 Å². The van der Waals surface area contributed by atoms with E-state index in [0.29, 0.717) is 38.5 Å². The van der Waals surface area contributed by atoms with Gasteiger partial charge in [0.1, 0.15) is 91.6 Å². The quantitative estimate of drug-likeness (QED) is 0.0614. The SMILES string of the molecule is CCC(C)=CCCC(C)(OC1OC(COC2OCC(O)C(O)C2O)C(O)C(O)C1O)C1CCC2(C)C3CCC4C(C)(C)C(OC5OC(CO)C(O)C(O)C5OC5OC(CO)C(O)C(O)C5O)CCC4(C)C3CC(O)C12. The highest BCUT2D eigenvalue weighted by Crippen LogP contribution is 2.71. The molecule has 0 spiro atoms. The minimum absolute atomic E-state index is 0.0718. The third-order valence-electron chi connectivity index (χ3n) is 20.2. The van der Waals surface area contributed by atoms with E-state index in [1.54, 1.807) is 0 Å². The first-order valence-electron chi connectivity index (χ1n) is 27.5. The molecule has 4 saturated heterocycles. The van der Waals surface area contributed by atoms with Crippen molar-refractivity contribution in [3.05, 3.63) is 11.6 Å². The topological polar surface area (TPSA) is 357 Å². The molecule has 0 aromatic rings. The molecular weight excluding hydrogens is 989 g/mol. The summed E-state index contributed by atoms with van der Waals surface area (Å²) in [6, 6.07) is 0. The predicted octanol–water partition coefficient (Wildman–Crippen LogP) is -1.56. The zero-order valence-electron chi connectivity index (χ0n) is 44.5. The first-order chi connectivity index (χ1) is 35.3. The molecular formula is C53H90O22. The Hall–Kier alpha value is -1.14. The molecule has 434 valence electrons. The van der Waals surface area contributed by atoms with Gasteiger partial charge in [0.25, 0.3) is 0 Å². The zero-order chi connectivity index (χ0) is 54.9. The summed E-state index contributed by atoms with van der Waals surface area (Å²) in [6.45, 7) is 12.9. The second-order valence-electron chi connectivity index (χ2n) is 24.8. The van der Waals surface area contributed by atoms with Crippen LogP contribution in [0.25, 0.3) is 0 Å². The van der Waals surface area contributed by atoms with Crippen molar-refractivity contribution in [2.24, 2.45) is 45.8 Å². The fourth-order valence-corrected chi connectivity index (χ4v) is 15.6. The molecule has 29 atom stereocenters. The van der Waals surface area contributed by atoms with Gasteiger partial charge in [0.05, 0.1) is 44.2 Å². The van der Waals surface area contributed by atoms with Crippen LogP contribution in [-0.4, -0.2) is 232 Å². The summed E-state index contributed by atoms with van der Waals surface area (Å²) in [7, 11) is 0. The molecule has 0 bridgehead atoms. The molecule has 22 heteroatoms. The van der Waals surface area contributed by atoms with Crippen LogP contribution in [0, 0.1) is 45.8 Å². The first kappa shape index (κ1) is 60.0. The molecule has 8 rings (SSSR count). The van der Waals surface area contributed by atoms with Crippen molar-refractivity contribution >= 4 is 0 Å². The second kappa shape index (κ2) is 23.4. The van der Waals surface area contributed by atoms with E-state index in [1.807, 2.05) is 6.92 Å². The van der Waals surface area contributed by atoms with Crippen LogP contribution >= 0.6 is 0 Å². The maximum absolute atomic E-state index is 12.7. The monoisotopic (exact) mass is 1080 g/mol. The van der Waals surface area contributed by atoms with E-state index in [9.17, 15) is 71.5 Å². The molecule has 0 aromatic carbocycles. The molecule has 75 heavy (non-hydrogen) atoms. The summed E-state index contributed by atoms with van der Waals surface area (Å²) in [4.78, 5) is 0. The molecule has 4 saturated carbocycles. The van der Waals surface area contributed by atoms with Crippen LogP contribution in [0.3, 0.4) is 0 Å². The van der Waals surface area contributed by atoms with Gasteiger partial charge in [-0.2, -0.15) is 0 Å². The Labute approximate surface area is 439 Å². The molecule has 14 N–H and O–H groups in total. The summed E-state index contributed by atoms with van der Waals surface area (Å²) >= 11 is 0. The van der Waals surface area contributed by atoms with Gasteiger partial charge in [0.2, 0.25) is 0 Å². The van der Waals surface area contributed by atoms with Crippen LogP contribution in [0.4, 0.5) is 0 Å². The maximum Gasteiger partial charge on any atom is 0.187 e. The van der Waals surface area contributed by atoms with Gasteiger partial charge in [-0.05, 0) is 124 Å². The summed E-state index contributed by atoms with van der Waals surface area (Å²) in [5.41, 5.74) is -0.983. The molecule has 8 aliphatic rings. The van der Waals surface area contributed by atoms with Crippen molar-refractivity contribution < 1.29 is 109 Å². The van der Waals surface area contributed by atoms with Gasteiger partial charge < -0.3 is 109 Å². The van der Waals surface area contributed by atoms with Gasteiger partial charge in [-0.1, -0.05) is 46.3 Å². The Kier molecular flexibility index (Phi) is 18.7. The Balaban J connectivity index is 0.998. The number of aliphatic hydroxyl groups is 14. The third-order valence-corrected chi connectivity index (χ3v) is 20.2. The van der Waals surface area contributed by atoms with Crippen LogP contribution in [-0.2, 0) is 37.9 Å². The Morgan fingerprint density at radius 1 is 0.613 bits per heavy atom. The smallest absolute Gasteiger partial charge is 0.187 e. The van der Waals surface area contributed by atoms with E-state index in [4.69, 9.17) is 37.9 Å². The number of rotatable bonds is 16. The number of aliphatic hydroxyl groups excluding tert-OH is 14. The van der Waals surface area contributed by atoms with Gasteiger partial charge in [-0.15, -0.1) is 0 Å². The molecule has 4 aliphatic heterocycles. The van der Waals surface area contributed by atoms with Gasteiger partial charge in [0, 0.05) is 0 Å². The van der Waals surface area contributed by atoms with E-state index < -0.39 is 160 Å². The van der Waals surface area contributed by atoms with Crippen LogP contribution in [0.5, 0.6) is 0 Å². The fourth-order valence-electron chi connectivity index (χ4n) is 15.6. The average molecular weight is 1080 g/mol. The second-order valence-corrected chi connectivity index (χ2v) is 24.8. The molecule has 4 heterocycles. The molecule has 0 amide bonds. The van der Waals surface area contributed by atoms with Crippen molar-refractivity contribution in [2.45, 2.75) is 247 Å². The van der Waals surface area contributed by atoms with Crippen molar-refractivity contribution in [1.29, 1.82) is 0 Å². The van der Waals surface area contributed by atoms with Gasteiger partial charge >= 0.3 is 0 Å². The lowest BCUT2D eigenvalue weighted by atomic mass is 9.39. The highest BCUT2D eigenvalue weighted by molar-refractivity contribution is 5.17. The summed E-state index contributed by atoms with van der Waals surface area (Å²) in [6.07, 6.45) is -21.4. The van der Waals surface area contributed by atoms with Crippen molar-refractivity contribution in [2.75, 3.05) is 26.4 Å². The molecule has 0 radical (unpaired) electrons. The lowest BCUT2D eigenvalue weighted by molar-refractivity contribution is -0.378. The summed E-state index contributed by atoms with van der Waals surface area (Å²) in [5, 5.41) is 151. The Bertz CT molecular complexity index is 1910. The largest absolute Gasteiger partial charge is 0.394 e. The van der Waals surface area contributed by atoms with E-state index in [0.717, 1.165) is 25.7 Å². The van der Waals surface area contributed by atoms with E-state index in [-0.39, 0.29) is 47.0 Å². The Morgan fingerprint density at radius 3 is 1.85 bits per heavy atom. The average Bonchev–Trinajstić information content (AvgIpc) is 3.78. The lowest BCUT2D eigenvalue weighted by Gasteiger charge is -2.66. The van der Waals surface area contributed by atoms with Gasteiger partial charge in [-0.25, -0.2) is 0 Å². The lowest BCUT2D eigenvalue weighted by Crippen LogP contribution is -2.66. The predicted molar refractivity (Wildman–Crippen MR) is 260 cm³/mol. The van der Waals surface area contributed by atoms with Crippen LogP contribution in [0.1, 0.15) is 113 Å². The van der Waals surface area contributed by atoms with E-state index >= 15 is 0 Å². The van der Waals surface area contributed by atoms with Crippen LogP contribution in [0.15, 0.2) is 11.6 Å². The normalized spacial score (nSPS) is 52.1. The van der Waals surface area contributed by atoms with E-state index in [2.05, 4.69) is 47.6 Å². The van der Waals surface area contributed by atoms with Crippen LogP contribution < -0.4 is 0 Å². The molecule has 0 aromatic heterocycles. The number of hydrogen-bond donors (Lipinski definition) is 14. The van der Waals surface area contributed by atoms with Crippen molar-refractivity contribution in [3.63, 3.8) is 0 Å². The minimum Gasteiger partial charge on any atom is -0.394 e. The molecule has 4 aliphatic carbocycles. The number of fused-ring (bicyclic) bond motifs is 5. The third kappa shape index (κ3) is 11.1. The number of allylic oxidation sites excluding steroid dienone is 2.